The van der Waals surface area contributed by atoms with Crippen molar-refractivity contribution < 1.29 is 0 Å². The molecule has 0 aliphatic carbocycles. The first-order chi connectivity index (χ1) is 22.2. The van der Waals surface area contributed by atoms with Gasteiger partial charge in [-0.25, -0.2) is 0 Å². The Kier molecular flexibility index (Phi) is 8.00. The van der Waals surface area contributed by atoms with Crippen LogP contribution in [0.5, 0.6) is 0 Å². The van der Waals surface area contributed by atoms with Gasteiger partial charge in [0.2, 0.25) is 0 Å². The highest BCUT2D eigenvalue weighted by Crippen LogP contribution is 2.14. The minimum atomic E-state index is -2.72. The van der Waals surface area contributed by atoms with Crippen molar-refractivity contribution in [1.29, 1.82) is 0 Å². The van der Waals surface area contributed by atoms with Crippen LogP contribution in [-0.4, -0.2) is 16.1 Å². The molecule has 7 aromatic rings. The molecule has 0 aliphatic heterocycles. The summed E-state index contributed by atoms with van der Waals surface area (Å²) in [5.41, 5.74) is 1.29. The summed E-state index contributed by atoms with van der Waals surface area (Å²) in [6, 6.07) is 75.1. The van der Waals surface area contributed by atoms with E-state index in [9.17, 15) is 0 Å². The third-order valence-electron chi connectivity index (χ3n) is 9.18. The molecule has 7 rings (SSSR count). The number of benzene rings is 7. The zero-order valence-electron chi connectivity index (χ0n) is 25.6. The summed E-state index contributed by atoms with van der Waals surface area (Å²) in [5.74, 6) is 0. The van der Waals surface area contributed by atoms with Gasteiger partial charge in [0, 0.05) is 0 Å². The Labute approximate surface area is 269 Å². The fraction of sp³-hybridized carbons (Fsp3) is 0.0233. The quantitative estimate of drug-likeness (QED) is 0.173. The van der Waals surface area contributed by atoms with Crippen molar-refractivity contribution in [3.8, 4) is 0 Å². The Bertz CT molecular complexity index is 1640. The van der Waals surface area contributed by atoms with Gasteiger partial charge in [-0.15, -0.1) is 0 Å². The van der Waals surface area contributed by atoms with Crippen LogP contribution >= 0.6 is 0 Å². The molecular weight excluding hydrogens is 573 g/mol. The summed E-state index contributed by atoms with van der Waals surface area (Å²) in [5, 5.41) is 11.2. The lowest BCUT2D eigenvalue weighted by Gasteiger charge is -2.38. The highest BCUT2D eigenvalue weighted by Gasteiger charge is 2.45. The Morgan fingerprint density at radius 3 is 0.644 bits per heavy atom. The van der Waals surface area contributed by atoms with Crippen LogP contribution in [0, 0.1) is 6.92 Å². The molecule has 0 N–H and O–H groups in total. The molecule has 45 heavy (non-hydrogen) atoms. The van der Waals surface area contributed by atoms with Crippen molar-refractivity contribution in [3.05, 3.63) is 206 Å². The van der Waals surface area contributed by atoms with Gasteiger partial charge >= 0.3 is 0 Å². The zero-order chi connectivity index (χ0) is 30.5. The topological polar surface area (TPSA) is 0 Å². The van der Waals surface area contributed by atoms with Crippen LogP contribution in [-0.2, 0) is 0 Å². The van der Waals surface area contributed by atoms with E-state index in [-0.39, 0.29) is 0 Å². The lowest BCUT2D eigenvalue weighted by Crippen LogP contribution is -2.78. The van der Waals surface area contributed by atoms with Crippen molar-refractivity contribution in [3.63, 3.8) is 0 Å². The number of hydrogen-bond donors (Lipinski definition) is 0. The van der Waals surface area contributed by atoms with Gasteiger partial charge in [0.25, 0.3) is 0 Å². The maximum Gasteiger partial charge on any atom is 0.179 e. The average molecular weight is 609 g/mol. The molecule has 0 nitrogen and oxygen atoms in total. The predicted octanol–water partition coefficient (Wildman–Crippen LogP) is 4.75. The molecule has 0 saturated carbocycles. The lowest BCUT2D eigenvalue weighted by atomic mass is 10.2. The second-order valence-electron chi connectivity index (χ2n) is 11.8. The maximum absolute atomic E-state index is 2.72. The van der Waals surface area contributed by atoms with Gasteiger partial charge in [-0.2, -0.15) is 0 Å². The molecule has 0 aromatic heterocycles. The van der Waals surface area contributed by atoms with E-state index in [2.05, 4.69) is 207 Å². The second kappa shape index (κ2) is 12.5. The zero-order valence-corrected chi connectivity index (χ0v) is 27.6. The molecule has 0 bridgehead atoms. The smallest absolute Gasteiger partial charge is 0.0623 e. The van der Waals surface area contributed by atoms with Gasteiger partial charge in [-0.3, -0.25) is 0 Å². The van der Waals surface area contributed by atoms with Crippen LogP contribution in [0.3, 0.4) is 0 Å². The highest BCUT2D eigenvalue weighted by atomic mass is 28.3. The molecule has 0 amide bonds. The Morgan fingerprint density at radius 2 is 0.444 bits per heavy atom. The number of rotatable bonds is 8. The second-order valence-corrected chi connectivity index (χ2v) is 19.4. The standard InChI is InChI=1S/C43H36Si2/c1-35-32-42(44(36-20-8-2-9-21-36,37-22-10-3-11-23-37)38-24-12-4-13-25-38)34-43(33-35)45(39-26-14-5-15-27-39,40-28-16-6-17-29-40)41-30-18-7-19-31-41/h2-34H,1H3. The molecule has 0 radical (unpaired) electrons. The molecule has 0 aliphatic rings. The number of hydrogen-bond acceptors (Lipinski definition) is 0. The lowest BCUT2D eigenvalue weighted by molar-refractivity contribution is 1.50. The van der Waals surface area contributed by atoms with Crippen LogP contribution in [0.2, 0.25) is 0 Å². The molecule has 0 heterocycles. The Hall–Kier alpha value is -5.03. The number of aryl methyl sites for hydroxylation is 1. The van der Waals surface area contributed by atoms with Crippen LogP contribution < -0.4 is 41.5 Å². The van der Waals surface area contributed by atoms with Crippen LogP contribution in [0.1, 0.15) is 5.56 Å². The monoisotopic (exact) mass is 608 g/mol. The van der Waals surface area contributed by atoms with Crippen LogP contribution in [0.15, 0.2) is 200 Å². The average Bonchev–Trinajstić information content (AvgIpc) is 3.12. The van der Waals surface area contributed by atoms with Gasteiger partial charge < -0.3 is 0 Å². The van der Waals surface area contributed by atoms with Crippen LogP contribution in [0.4, 0.5) is 0 Å². The normalized spacial score (nSPS) is 11.7. The van der Waals surface area contributed by atoms with E-state index in [0.717, 1.165) is 0 Å². The minimum absolute atomic E-state index is 1.29. The van der Waals surface area contributed by atoms with Crippen molar-refractivity contribution >= 4 is 57.6 Å². The largest absolute Gasteiger partial charge is 0.179 e. The summed E-state index contributed by atoms with van der Waals surface area (Å²) in [6.07, 6.45) is 0. The summed E-state index contributed by atoms with van der Waals surface area (Å²) in [4.78, 5) is 0. The van der Waals surface area contributed by atoms with Crippen molar-refractivity contribution in [2.45, 2.75) is 6.92 Å². The Balaban J connectivity index is 1.64. The molecule has 2 heteroatoms. The SMILES string of the molecule is Cc1cc([Si](c2ccccc2)(c2ccccc2)c2ccccc2)cc([Si](c2ccccc2)(c2ccccc2)c2ccccc2)c1. The van der Waals surface area contributed by atoms with Gasteiger partial charge in [0.1, 0.15) is 0 Å². The van der Waals surface area contributed by atoms with E-state index in [1.807, 2.05) is 0 Å². The van der Waals surface area contributed by atoms with Gasteiger partial charge in [-0.05, 0) is 48.4 Å². The molecule has 0 fully saturated rings. The van der Waals surface area contributed by atoms with Crippen molar-refractivity contribution in [1.82, 2.24) is 0 Å². The first kappa shape index (κ1) is 28.7. The molecule has 7 aromatic carbocycles. The van der Waals surface area contributed by atoms with E-state index < -0.39 is 16.1 Å². The first-order valence-corrected chi connectivity index (χ1v) is 19.7. The molecule has 0 saturated heterocycles. The highest BCUT2D eigenvalue weighted by molar-refractivity contribution is 7.22. The summed E-state index contributed by atoms with van der Waals surface area (Å²) in [6.45, 7) is 2.28. The van der Waals surface area contributed by atoms with E-state index in [1.54, 1.807) is 0 Å². The fourth-order valence-electron chi connectivity index (χ4n) is 7.35. The molecule has 0 unspecified atom stereocenters. The molecule has 0 spiro atoms. The van der Waals surface area contributed by atoms with Gasteiger partial charge in [-0.1, -0.05) is 206 Å². The van der Waals surface area contributed by atoms with Gasteiger partial charge in [0.15, 0.2) is 16.1 Å². The third kappa shape index (κ3) is 5.02. The van der Waals surface area contributed by atoms with Crippen molar-refractivity contribution in [2.24, 2.45) is 0 Å². The van der Waals surface area contributed by atoms with E-state index in [4.69, 9.17) is 0 Å². The van der Waals surface area contributed by atoms with Crippen LogP contribution in [0.25, 0.3) is 0 Å². The summed E-state index contributed by atoms with van der Waals surface area (Å²) < 4.78 is 0. The fourth-order valence-corrected chi connectivity index (χ4v) is 17.3. The van der Waals surface area contributed by atoms with Gasteiger partial charge in [0.05, 0.1) is 0 Å². The Morgan fingerprint density at radius 1 is 0.244 bits per heavy atom. The summed E-state index contributed by atoms with van der Waals surface area (Å²) in [7, 11) is -5.44. The van der Waals surface area contributed by atoms with E-state index >= 15 is 0 Å². The maximum atomic E-state index is 2.60. The third-order valence-corrected chi connectivity index (χ3v) is 18.7. The predicted molar refractivity (Wildman–Crippen MR) is 198 cm³/mol. The molecule has 0 atom stereocenters. The van der Waals surface area contributed by atoms with E-state index in [1.165, 1.54) is 47.1 Å². The minimum Gasteiger partial charge on any atom is -0.0623 e. The molecule has 216 valence electrons. The van der Waals surface area contributed by atoms with Crippen molar-refractivity contribution in [2.75, 3.05) is 0 Å². The molecular formula is C43H36Si2. The van der Waals surface area contributed by atoms with E-state index in [0.29, 0.717) is 0 Å². The summed E-state index contributed by atoms with van der Waals surface area (Å²) >= 11 is 0. The first-order valence-electron chi connectivity index (χ1n) is 15.7.